The maximum atomic E-state index is 4.32. The fourth-order valence-electron chi connectivity index (χ4n) is 1.17. The number of nitrogens with zero attached hydrogens (tertiary/aromatic N) is 4. The van der Waals surface area contributed by atoms with Gasteiger partial charge in [0.2, 0.25) is 0 Å². The molecule has 14 heavy (non-hydrogen) atoms. The fourth-order valence-corrected chi connectivity index (χ4v) is 2.13. The Kier molecular flexibility index (Phi) is 2.55. The van der Waals surface area contributed by atoms with Gasteiger partial charge in [-0.15, -0.1) is 16.4 Å². The van der Waals surface area contributed by atoms with Gasteiger partial charge in [-0.1, -0.05) is 5.21 Å². The second-order valence-electron chi connectivity index (χ2n) is 2.90. The molecule has 0 bridgehead atoms. The molecule has 6 heteroatoms. The van der Waals surface area contributed by atoms with Gasteiger partial charge in [-0.05, 0) is 7.05 Å². The third-order valence-electron chi connectivity index (χ3n) is 1.84. The highest BCUT2D eigenvalue weighted by atomic mass is 32.1. The lowest BCUT2D eigenvalue weighted by Gasteiger charge is -1.93. The molecule has 0 aliphatic rings. The highest BCUT2D eigenvalue weighted by molar-refractivity contribution is 7.14. The van der Waals surface area contributed by atoms with E-state index in [1.165, 1.54) is 4.88 Å². The average Bonchev–Trinajstić information content (AvgIpc) is 2.74. The van der Waals surface area contributed by atoms with E-state index < -0.39 is 0 Å². The summed E-state index contributed by atoms with van der Waals surface area (Å²) in [7, 11) is 3.78. The molecule has 74 valence electrons. The molecule has 0 unspecified atom stereocenters. The summed E-state index contributed by atoms with van der Waals surface area (Å²) in [5.41, 5.74) is 0.956. The molecular formula is C8H11N5S. The van der Waals surface area contributed by atoms with Gasteiger partial charge in [-0.2, -0.15) is 0 Å². The molecule has 2 rings (SSSR count). The highest BCUT2D eigenvalue weighted by Crippen LogP contribution is 2.23. The van der Waals surface area contributed by atoms with Gasteiger partial charge in [-0.25, -0.2) is 9.67 Å². The molecule has 2 aromatic heterocycles. The van der Waals surface area contributed by atoms with Crippen LogP contribution in [0, 0.1) is 0 Å². The Morgan fingerprint density at radius 3 is 3.00 bits per heavy atom. The maximum Gasteiger partial charge on any atom is 0.143 e. The Balaban J connectivity index is 2.29. The molecule has 2 heterocycles. The first-order valence-corrected chi connectivity index (χ1v) is 5.07. The predicted octanol–water partition coefficient (Wildman–Crippen LogP) is 0.658. The molecule has 0 fully saturated rings. The van der Waals surface area contributed by atoms with E-state index in [-0.39, 0.29) is 0 Å². The maximum absolute atomic E-state index is 4.32. The Morgan fingerprint density at radius 2 is 2.36 bits per heavy atom. The second kappa shape index (κ2) is 3.85. The molecule has 0 aliphatic heterocycles. The molecule has 1 N–H and O–H groups in total. The van der Waals surface area contributed by atoms with Gasteiger partial charge in [0.1, 0.15) is 10.7 Å². The lowest BCUT2D eigenvalue weighted by atomic mass is 10.5. The molecule has 2 aromatic rings. The number of hydrogen-bond acceptors (Lipinski definition) is 5. The number of rotatable bonds is 3. The number of hydrogen-bond donors (Lipinski definition) is 1. The minimum Gasteiger partial charge on any atom is -0.315 e. The molecule has 5 nitrogen and oxygen atoms in total. The summed E-state index contributed by atoms with van der Waals surface area (Å²) in [5.74, 6) is 0. The molecule has 0 saturated heterocycles. The highest BCUT2D eigenvalue weighted by Gasteiger charge is 2.08. The van der Waals surface area contributed by atoms with E-state index in [0.717, 1.165) is 17.2 Å². The summed E-state index contributed by atoms with van der Waals surface area (Å²) in [5, 5.41) is 11.7. The third-order valence-corrected chi connectivity index (χ3v) is 2.86. The molecule has 0 amide bonds. The Labute approximate surface area is 85.8 Å². The van der Waals surface area contributed by atoms with E-state index in [2.05, 4.69) is 20.6 Å². The van der Waals surface area contributed by atoms with Gasteiger partial charge >= 0.3 is 0 Å². The van der Waals surface area contributed by atoms with Gasteiger partial charge in [0.25, 0.3) is 0 Å². The van der Waals surface area contributed by atoms with E-state index >= 15 is 0 Å². The van der Waals surface area contributed by atoms with Gasteiger partial charge in [0.05, 0.1) is 6.20 Å². The topological polar surface area (TPSA) is 55.6 Å². The average molecular weight is 209 g/mol. The molecular weight excluding hydrogens is 198 g/mol. The zero-order chi connectivity index (χ0) is 9.97. The summed E-state index contributed by atoms with van der Waals surface area (Å²) in [6.45, 7) is 0.850. The van der Waals surface area contributed by atoms with Gasteiger partial charge < -0.3 is 5.32 Å². The number of aromatic nitrogens is 4. The smallest absolute Gasteiger partial charge is 0.143 e. The molecule has 0 saturated carbocycles. The zero-order valence-corrected chi connectivity index (χ0v) is 8.88. The largest absolute Gasteiger partial charge is 0.315 e. The van der Waals surface area contributed by atoms with Crippen molar-refractivity contribution in [3.05, 3.63) is 17.3 Å². The normalized spacial score (nSPS) is 10.7. The summed E-state index contributed by atoms with van der Waals surface area (Å²) >= 11 is 1.65. The van der Waals surface area contributed by atoms with Crippen molar-refractivity contribution in [3.8, 4) is 10.7 Å². The van der Waals surface area contributed by atoms with Gasteiger partial charge in [-0.3, -0.25) is 0 Å². The van der Waals surface area contributed by atoms with Crippen LogP contribution in [-0.4, -0.2) is 27.0 Å². The van der Waals surface area contributed by atoms with Crippen LogP contribution in [0.2, 0.25) is 0 Å². The van der Waals surface area contributed by atoms with Crippen LogP contribution in [0.25, 0.3) is 10.7 Å². The lowest BCUT2D eigenvalue weighted by Crippen LogP contribution is -2.02. The minimum absolute atomic E-state index is 0.850. The fraction of sp³-hybridized carbons (Fsp3) is 0.375. The van der Waals surface area contributed by atoms with Crippen LogP contribution in [0.5, 0.6) is 0 Å². The Bertz CT molecular complexity index is 419. The Hall–Kier alpha value is -1.27. The molecule has 0 atom stereocenters. The van der Waals surface area contributed by atoms with Crippen molar-refractivity contribution in [1.82, 2.24) is 25.3 Å². The zero-order valence-electron chi connectivity index (χ0n) is 8.06. The van der Waals surface area contributed by atoms with Gasteiger partial charge in [0, 0.05) is 24.7 Å². The van der Waals surface area contributed by atoms with Crippen LogP contribution in [0.15, 0.2) is 12.4 Å². The first-order chi connectivity index (χ1) is 6.81. The van der Waals surface area contributed by atoms with Crippen LogP contribution in [0.4, 0.5) is 0 Å². The molecule has 0 spiro atoms. The number of thiazole rings is 1. The quantitative estimate of drug-likeness (QED) is 0.806. The summed E-state index contributed by atoms with van der Waals surface area (Å²) < 4.78 is 1.72. The van der Waals surface area contributed by atoms with Crippen molar-refractivity contribution >= 4 is 11.3 Å². The number of nitrogens with one attached hydrogen (secondary N) is 1. The third kappa shape index (κ3) is 1.66. The second-order valence-corrected chi connectivity index (χ2v) is 4.02. The lowest BCUT2D eigenvalue weighted by molar-refractivity contribution is 0.720. The van der Waals surface area contributed by atoms with E-state index in [4.69, 9.17) is 0 Å². The van der Waals surface area contributed by atoms with Crippen molar-refractivity contribution < 1.29 is 0 Å². The van der Waals surface area contributed by atoms with E-state index in [1.807, 2.05) is 20.3 Å². The van der Waals surface area contributed by atoms with Gasteiger partial charge in [0.15, 0.2) is 0 Å². The van der Waals surface area contributed by atoms with Crippen LogP contribution in [-0.2, 0) is 13.6 Å². The number of aryl methyl sites for hydroxylation is 1. The first kappa shape index (κ1) is 9.29. The molecule has 0 radical (unpaired) electrons. The molecule has 0 aromatic carbocycles. The monoisotopic (exact) mass is 209 g/mol. The summed E-state index contributed by atoms with van der Waals surface area (Å²) in [4.78, 5) is 5.53. The van der Waals surface area contributed by atoms with Crippen LogP contribution >= 0.6 is 11.3 Å². The van der Waals surface area contributed by atoms with Crippen molar-refractivity contribution in [1.29, 1.82) is 0 Å². The molecule has 0 aliphatic carbocycles. The van der Waals surface area contributed by atoms with Crippen LogP contribution < -0.4 is 5.32 Å². The SMILES string of the molecule is CNCc1cnc(-c2cnnn2C)s1. The van der Waals surface area contributed by atoms with E-state index in [0.29, 0.717) is 0 Å². The van der Waals surface area contributed by atoms with E-state index in [1.54, 1.807) is 22.2 Å². The predicted molar refractivity (Wildman–Crippen MR) is 54.9 cm³/mol. The Morgan fingerprint density at radius 1 is 1.50 bits per heavy atom. The first-order valence-electron chi connectivity index (χ1n) is 4.25. The standard InChI is InChI=1S/C8H11N5S/c1-9-3-6-4-10-8(14-6)7-5-11-12-13(7)2/h4-5,9H,3H2,1-2H3. The summed E-state index contributed by atoms with van der Waals surface area (Å²) in [6.07, 6.45) is 3.60. The van der Waals surface area contributed by atoms with Crippen molar-refractivity contribution in [3.63, 3.8) is 0 Å². The van der Waals surface area contributed by atoms with Crippen LogP contribution in [0.3, 0.4) is 0 Å². The van der Waals surface area contributed by atoms with Crippen molar-refractivity contribution in [2.24, 2.45) is 7.05 Å². The van der Waals surface area contributed by atoms with Crippen molar-refractivity contribution in [2.75, 3.05) is 7.05 Å². The van der Waals surface area contributed by atoms with E-state index in [9.17, 15) is 0 Å². The summed E-state index contributed by atoms with van der Waals surface area (Å²) in [6, 6.07) is 0. The van der Waals surface area contributed by atoms with Crippen molar-refractivity contribution in [2.45, 2.75) is 6.54 Å². The van der Waals surface area contributed by atoms with Crippen LogP contribution in [0.1, 0.15) is 4.88 Å². The minimum atomic E-state index is 0.850.